The molecular weight excluding hydrogens is 396 g/mol. The average Bonchev–Trinajstić information content (AvgIpc) is 2.87. The number of ether oxygens (including phenoxy) is 1. The molecule has 1 aliphatic rings. The molecule has 0 bridgehead atoms. The number of anilines is 1. The van der Waals surface area contributed by atoms with Crippen LogP contribution in [0.1, 0.15) is 33.3 Å². The first-order chi connectivity index (χ1) is 13.7. The molecule has 2 aromatic rings. The summed E-state index contributed by atoms with van der Waals surface area (Å²) in [5, 5.41) is 0.0465. The Balaban J connectivity index is 2.04. The van der Waals surface area contributed by atoms with E-state index in [9.17, 15) is 18.4 Å². The van der Waals surface area contributed by atoms with E-state index in [0.29, 0.717) is 11.3 Å². The monoisotopic (exact) mass is 417 g/mol. The predicted octanol–water partition coefficient (Wildman–Crippen LogP) is 5.18. The molecular formula is C22H21F2NO3S. The molecule has 7 heteroatoms. The van der Waals surface area contributed by atoms with Crippen molar-refractivity contribution in [2.45, 2.75) is 39.0 Å². The minimum atomic E-state index is -1.12. The zero-order chi connectivity index (χ0) is 21.3. The highest BCUT2D eigenvalue weighted by atomic mass is 32.2. The topological polar surface area (TPSA) is 46.6 Å². The first-order valence-electron chi connectivity index (χ1n) is 9.21. The van der Waals surface area contributed by atoms with Gasteiger partial charge in [0.25, 0.3) is 11.8 Å². The molecule has 0 spiro atoms. The molecule has 0 unspecified atom stereocenters. The van der Waals surface area contributed by atoms with Crippen molar-refractivity contribution in [1.82, 2.24) is 0 Å². The number of thioether (sulfide) groups is 1. The minimum absolute atomic E-state index is 0.00415. The fourth-order valence-electron chi connectivity index (χ4n) is 2.94. The van der Waals surface area contributed by atoms with E-state index in [2.05, 4.69) is 0 Å². The first kappa shape index (κ1) is 21.0. The van der Waals surface area contributed by atoms with Crippen molar-refractivity contribution in [3.8, 4) is 5.75 Å². The van der Waals surface area contributed by atoms with Crippen molar-refractivity contribution in [2.24, 2.45) is 0 Å². The summed E-state index contributed by atoms with van der Waals surface area (Å²) in [5.74, 6) is -2.63. The third kappa shape index (κ3) is 4.34. The standard InChI is InChI=1S/C22H21F2NO3S/c1-12(2)28-16-8-5-14(6-9-16)19-20(29-13(3)4)22(27)25(21(19)26)15-7-10-17(23)18(24)11-15/h5-13H,1-4H3. The van der Waals surface area contributed by atoms with Crippen LogP contribution in [0.2, 0.25) is 0 Å². The van der Waals surface area contributed by atoms with Crippen molar-refractivity contribution in [1.29, 1.82) is 0 Å². The third-order valence-electron chi connectivity index (χ3n) is 4.07. The normalized spacial score (nSPS) is 14.6. The van der Waals surface area contributed by atoms with Crippen LogP contribution in [0.3, 0.4) is 0 Å². The van der Waals surface area contributed by atoms with Crippen LogP contribution in [0.15, 0.2) is 47.4 Å². The number of hydrogen-bond donors (Lipinski definition) is 0. The summed E-state index contributed by atoms with van der Waals surface area (Å²) in [6.45, 7) is 7.64. The highest BCUT2D eigenvalue weighted by Crippen LogP contribution is 2.40. The molecule has 0 fully saturated rings. The van der Waals surface area contributed by atoms with E-state index < -0.39 is 23.4 Å². The molecule has 0 aliphatic carbocycles. The molecule has 3 rings (SSSR count). The van der Waals surface area contributed by atoms with E-state index in [1.165, 1.54) is 17.8 Å². The molecule has 29 heavy (non-hydrogen) atoms. The van der Waals surface area contributed by atoms with E-state index >= 15 is 0 Å². The van der Waals surface area contributed by atoms with Gasteiger partial charge in [0.05, 0.1) is 22.3 Å². The maximum atomic E-state index is 13.7. The van der Waals surface area contributed by atoms with Gasteiger partial charge in [0.15, 0.2) is 11.6 Å². The number of hydrogen-bond acceptors (Lipinski definition) is 4. The van der Waals surface area contributed by atoms with Gasteiger partial charge in [-0.3, -0.25) is 9.59 Å². The molecule has 0 saturated heterocycles. The highest BCUT2D eigenvalue weighted by molar-refractivity contribution is 8.04. The molecule has 152 valence electrons. The summed E-state index contributed by atoms with van der Waals surface area (Å²) in [5.41, 5.74) is 0.803. The first-order valence-corrected chi connectivity index (χ1v) is 10.1. The van der Waals surface area contributed by atoms with Crippen LogP contribution in [0.25, 0.3) is 5.57 Å². The van der Waals surface area contributed by atoms with E-state index in [1.54, 1.807) is 24.3 Å². The maximum Gasteiger partial charge on any atom is 0.272 e. The average molecular weight is 417 g/mol. The number of benzene rings is 2. The Kier molecular flexibility index (Phi) is 6.07. The SMILES string of the molecule is CC(C)Oc1ccc(C2=C(SC(C)C)C(=O)N(c3ccc(F)c(F)c3)C2=O)cc1. The second-order valence-corrected chi connectivity index (χ2v) is 8.69. The van der Waals surface area contributed by atoms with Crippen LogP contribution >= 0.6 is 11.8 Å². The Bertz CT molecular complexity index is 984. The number of rotatable bonds is 6. The second-order valence-electron chi connectivity index (χ2n) is 7.11. The number of carbonyl (C=O) groups is 2. The van der Waals surface area contributed by atoms with Crippen LogP contribution in [-0.4, -0.2) is 23.2 Å². The Labute approximate surface area is 172 Å². The van der Waals surface area contributed by atoms with Crippen LogP contribution < -0.4 is 9.64 Å². The minimum Gasteiger partial charge on any atom is -0.491 e. The quantitative estimate of drug-likeness (QED) is 0.608. The van der Waals surface area contributed by atoms with Crippen LogP contribution in [0.4, 0.5) is 14.5 Å². The highest BCUT2D eigenvalue weighted by Gasteiger charge is 2.40. The summed E-state index contributed by atoms with van der Waals surface area (Å²) in [6, 6.07) is 9.87. The predicted molar refractivity (Wildman–Crippen MR) is 111 cm³/mol. The Morgan fingerprint density at radius 2 is 1.55 bits per heavy atom. The van der Waals surface area contributed by atoms with Gasteiger partial charge >= 0.3 is 0 Å². The van der Waals surface area contributed by atoms with Gasteiger partial charge in [-0.1, -0.05) is 26.0 Å². The lowest BCUT2D eigenvalue weighted by molar-refractivity contribution is -0.119. The lowest BCUT2D eigenvalue weighted by Gasteiger charge is -2.15. The number of imide groups is 1. The van der Waals surface area contributed by atoms with E-state index in [-0.39, 0.29) is 27.5 Å². The summed E-state index contributed by atoms with van der Waals surface area (Å²) < 4.78 is 32.6. The number of halogens is 2. The van der Waals surface area contributed by atoms with Gasteiger partial charge in [-0.25, -0.2) is 13.7 Å². The molecule has 0 aromatic heterocycles. The zero-order valence-corrected chi connectivity index (χ0v) is 17.3. The number of carbonyl (C=O) groups excluding carboxylic acids is 2. The van der Waals surface area contributed by atoms with Crippen molar-refractivity contribution in [3.05, 3.63) is 64.6 Å². The van der Waals surface area contributed by atoms with Gasteiger partial charge in [-0.15, -0.1) is 11.8 Å². The number of amides is 2. The van der Waals surface area contributed by atoms with E-state index in [1.807, 2.05) is 27.7 Å². The van der Waals surface area contributed by atoms with Crippen molar-refractivity contribution in [2.75, 3.05) is 4.90 Å². The molecule has 2 aromatic carbocycles. The molecule has 0 saturated carbocycles. The van der Waals surface area contributed by atoms with E-state index in [0.717, 1.165) is 17.0 Å². The smallest absolute Gasteiger partial charge is 0.272 e. The van der Waals surface area contributed by atoms with Crippen molar-refractivity contribution >= 4 is 34.8 Å². The lowest BCUT2D eigenvalue weighted by atomic mass is 10.1. The number of nitrogens with zero attached hydrogens (tertiary/aromatic N) is 1. The second kappa shape index (κ2) is 8.37. The third-order valence-corrected chi connectivity index (χ3v) is 5.16. The molecule has 0 N–H and O–H groups in total. The molecule has 0 atom stereocenters. The largest absolute Gasteiger partial charge is 0.491 e. The van der Waals surface area contributed by atoms with Gasteiger partial charge < -0.3 is 4.74 Å². The van der Waals surface area contributed by atoms with Gasteiger partial charge in [0, 0.05) is 11.3 Å². The Morgan fingerprint density at radius 1 is 0.897 bits per heavy atom. The zero-order valence-electron chi connectivity index (χ0n) is 16.5. The molecule has 2 amide bonds. The van der Waals surface area contributed by atoms with Crippen molar-refractivity contribution in [3.63, 3.8) is 0 Å². The lowest BCUT2D eigenvalue weighted by Crippen LogP contribution is -2.31. The van der Waals surface area contributed by atoms with Crippen LogP contribution in [0.5, 0.6) is 5.75 Å². The molecule has 0 radical (unpaired) electrons. The van der Waals surface area contributed by atoms with Crippen molar-refractivity contribution < 1.29 is 23.1 Å². The summed E-state index contributed by atoms with van der Waals surface area (Å²) >= 11 is 1.27. The molecule has 1 aliphatic heterocycles. The summed E-state index contributed by atoms with van der Waals surface area (Å²) in [7, 11) is 0. The maximum absolute atomic E-state index is 13.7. The van der Waals surface area contributed by atoms with Gasteiger partial charge in [0.2, 0.25) is 0 Å². The molecule has 1 heterocycles. The van der Waals surface area contributed by atoms with Gasteiger partial charge in [-0.05, 0) is 43.7 Å². The fourth-order valence-corrected chi connectivity index (χ4v) is 3.93. The van der Waals surface area contributed by atoms with E-state index in [4.69, 9.17) is 4.74 Å². The fraction of sp³-hybridized carbons (Fsp3) is 0.273. The van der Waals surface area contributed by atoms with Crippen LogP contribution in [-0.2, 0) is 9.59 Å². The Hall–Kier alpha value is -2.67. The Morgan fingerprint density at radius 3 is 2.10 bits per heavy atom. The molecule has 4 nitrogen and oxygen atoms in total. The van der Waals surface area contributed by atoms with Crippen LogP contribution in [0, 0.1) is 11.6 Å². The summed E-state index contributed by atoms with van der Waals surface area (Å²) in [6.07, 6.45) is 0.00526. The summed E-state index contributed by atoms with van der Waals surface area (Å²) in [4.78, 5) is 27.4. The van der Waals surface area contributed by atoms with Gasteiger partial charge in [0.1, 0.15) is 5.75 Å². The van der Waals surface area contributed by atoms with Gasteiger partial charge in [-0.2, -0.15) is 0 Å².